The van der Waals surface area contributed by atoms with Crippen molar-refractivity contribution in [1.29, 1.82) is 0 Å². The maximum atomic E-state index is 10.0. The Morgan fingerprint density at radius 2 is 1.79 bits per heavy atom. The normalized spacial score (nSPS) is 12.4. The average molecular weight is 384 g/mol. The summed E-state index contributed by atoms with van der Waals surface area (Å²) in [7, 11) is 1.57. The summed E-state index contributed by atoms with van der Waals surface area (Å²) in [4.78, 5) is 8.30. The van der Waals surface area contributed by atoms with E-state index in [0.717, 1.165) is 10.9 Å². The Bertz CT molecular complexity index is 882. The smallest absolute Gasteiger partial charge is 0.145 e. The molecule has 0 bridgehead atoms. The van der Waals surface area contributed by atoms with Crippen LogP contribution in [0.5, 0.6) is 5.75 Å². The third-order valence-corrected chi connectivity index (χ3v) is 4.65. The molecule has 2 heterocycles. The third kappa shape index (κ3) is 3.03. The molecular weight excluding hydrogens is 371 g/mol. The topological polar surface area (TPSA) is 55.2 Å². The summed E-state index contributed by atoms with van der Waals surface area (Å²) in [5.74, 6) is 0.171. The summed E-state index contributed by atoms with van der Waals surface area (Å²) in [5, 5.41) is 12.0. The summed E-state index contributed by atoms with van der Waals surface area (Å²) in [6.07, 6.45) is 3.01. The molecule has 0 aliphatic rings. The molecule has 3 rings (SSSR count). The molecule has 7 heteroatoms. The molecule has 0 spiro atoms. The molecule has 0 amide bonds. The molecule has 124 valence electrons. The predicted molar refractivity (Wildman–Crippen MR) is 96.5 cm³/mol. The molecule has 0 radical (unpaired) electrons. The van der Waals surface area contributed by atoms with Gasteiger partial charge in [0.25, 0.3) is 0 Å². The fourth-order valence-corrected chi connectivity index (χ4v) is 3.53. The van der Waals surface area contributed by atoms with Crippen LogP contribution in [0.2, 0.25) is 15.2 Å². The van der Waals surface area contributed by atoms with E-state index in [9.17, 15) is 5.11 Å². The molecule has 0 saturated heterocycles. The van der Waals surface area contributed by atoms with Crippen molar-refractivity contribution in [2.75, 3.05) is 13.7 Å². The highest BCUT2D eigenvalue weighted by Gasteiger charge is 2.23. The number of fused-ring (bicyclic) bond motifs is 1. The fraction of sp³-hybridized carbons (Fsp3) is 0.176. The van der Waals surface area contributed by atoms with Crippen molar-refractivity contribution in [3.05, 3.63) is 63.0 Å². The quantitative estimate of drug-likeness (QED) is 0.662. The zero-order chi connectivity index (χ0) is 17.3. The number of aliphatic hydroxyl groups is 1. The molecule has 3 aromatic rings. The van der Waals surface area contributed by atoms with Crippen molar-refractivity contribution in [1.82, 2.24) is 9.97 Å². The van der Waals surface area contributed by atoms with Crippen LogP contribution in [0.4, 0.5) is 0 Å². The van der Waals surface area contributed by atoms with E-state index in [2.05, 4.69) is 9.97 Å². The minimum Gasteiger partial charge on any atom is -0.494 e. The van der Waals surface area contributed by atoms with E-state index in [4.69, 9.17) is 39.5 Å². The lowest BCUT2D eigenvalue weighted by Gasteiger charge is -2.20. The highest BCUT2D eigenvalue weighted by Crippen LogP contribution is 2.39. The van der Waals surface area contributed by atoms with Gasteiger partial charge in [-0.1, -0.05) is 40.9 Å². The molecule has 24 heavy (non-hydrogen) atoms. The van der Waals surface area contributed by atoms with Gasteiger partial charge in [0, 0.05) is 29.3 Å². The van der Waals surface area contributed by atoms with Crippen LogP contribution >= 0.6 is 34.8 Å². The highest BCUT2D eigenvalue weighted by atomic mass is 35.5. The maximum Gasteiger partial charge on any atom is 0.145 e. The first-order valence-electron chi connectivity index (χ1n) is 7.09. The molecule has 0 aliphatic carbocycles. The van der Waals surface area contributed by atoms with Gasteiger partial charge < -0.3 is 9.84 Å². The van der Waals surface area contributed by atoms with Crippen molar-refractivity contribution in [3.8, 4) is 5.75 Å². The van der Waals surface area contributed by atoms with Crippen LogP contribution in [0.25, 0.3) is 10.9 Å². The largest absolute Gasteiger partial charge is 0.494 e. The predicted octanol–water partition coefficient (Wildman–Crippen LogP) is 4.72. The fourth-order valence-electron chi connectivity index (χ4n) is 2.76. The number of pyridine rings is 2. The second kappa shape index (κ2) is 7.11. The lowest BCUT2D eigenvalue weighted by molar-refractivity contribution is 0.281. The van der Waals surface area contributed by atoms with E-state index >= 15 is 0 Å². The number of rotatable bonds is 4. The number of aromatic nitrogens is 2. The number of methoxy groups -OCH3 is 1. The first-order valence-corrected chi connectivity index (χ1v) is 8.23. The molecule has 0 aliphatic heterocycles. The number of halogens is 3. The standard InChI is InChI=1S/C17H13Cl3N2O2/c1-24-14-4-2-9(10-3-5-15(20)22-17(10)14)11(8-23)16-12(18)6-21-7-13(16)19/h2-7,11,23H,8H2,1H3. The Labute approximate surface area is 154 Å². The van der Waals surface area contributed by atoms with Crippen LogP contribution in [-0.4, -0.2) is 28.8 Å². The minimum atomic E-state index is -0.426. The van der Waals surface area contributed by atoms with Crippen LogP contribution in [-0.2, 0) is 0 Å². The second-order valence-corrected chi connectivity index (χ2v) is 6.34. The van der Waals surface area contributed by atoms with Gasteiger partial charge in [-0.2, -0.15) is 0 Å². The van der Waals surface area contributed by atoms with Gasteiger partial charge in [-0.25, -0.2) is 4.98 Å². The van der Waals surface area contributed by atoms with Crippen LogP contribution < -0.4 is 4.74 Å². The SMILES string of the molecule is COc1ccc(C(CO)c2c(Cl)cncc2Cl)c2ccc(Cl)nc12. The Kier molecular flexibility index (Phi) is 5.11. The number of hydrogen-bond acceptors (Lipinski definition) is 4. The lowest BCUT2D eigenvalue weighted by atomic mass is 9.89. The highest BCUT2D eigenvalue weighted by molar-refractivity contribution is 6.36. The molecule has 0 saturated carbocycles. The zero-order valence-electron chi connectivity index (χ0n) is 12.6. The monoisotopic (exact) mass is 382 g/mol. The van der Waals surface area contributed by atoms with Crippen LogP contribution in [0.1, 0.15) is 17.0 Å². The Hall–Kier alpha value is -1.59. The number of ether oxygens (including phenoxy) is 1. The molecule has 1 N–H and O–H groups in total. The van der Waals surface area contributed by atoms with E-state index in [0.29, 0.717) is 32.0 Å². The van der Waals surface area contributed by atoms with Crippen molar-refractivity contribution in [2.24, 2.45) is 0 Å². The molecule has 1 aromatic carbocycles. The molecule has 2 aromatic heterocycles. The van der Waals surface area contributed by atoms with Gasteiger partial charge in [0.05, 0.1) is 23.8 Å². The van der Waals surface area contributed by atoms with E-state index in [1.54, 1.807) is 19.2 Å². The molecular formula is C17H13Cl3N2O2. The Balaban J connectivity index is 2.28. The summed E-state index contributed by atoms with van der Waals surface area (Å²) >= 11 is 18.6. The van der Waals surface area contributed by atoms with Crippen LogP contribution in [0, 0.1) is 0 Å². The van der Waals surface area contributed by atoms with Crippen molar-refractivity contribution < 1.29 is 9.84 Å². The van der Waals surface area contributed by atoms with E-state index in [1.165, 1.54) is 12.4 Å². The maximum absolute atomic E-state index is 10.0. The minimum absolute atomic E-state index is 0.173. The van der Waals surface area contributed by atoms with Crippen LogP contribution in [0.15, 0.2) is 36.7 Å². The number of hydrogen-bond donors (Lipinski definition) is 1. The summed E-state index contributed by atoms with van der Waals surface area (Å²) in [6.45, 7) is -0.173. The van der Waals surface area contributed by atoms with Crippen molar-refractivity contribution >= 4 is 45.7 Å². The van der Waals surface area contributed by atoms with Crippen LogP contribution in [0.3, 0.4) is 0 Å². The third-order valence-electron chi connectivity index (χ3n) is 3.84. The van der Waals surface area contributed by atoms with Gasteiger partial charge in [0.2, 0.25) is 0 Å². The second-order valence-electron chi connectivity index (χ2n) is 5.14. The summed E-state index contributed by atoms with van der Waals surface area (Å²) < 4.78 is 5.36. The molecule has 0 fully saturated rings. The summed E-state index contributed by atoms with van der Waals surface area (Å²) in [6, 6.07) is 7.18. The number of benzene rings is 1. The van der Waals surface area contributed by atoms with Gasteiger partial charge in [0.1, 0.15) is 16.4 Å². The Morgan fingerprint density at radius 1 is 1.08 bits per heavy atom. The molecule has 1 unspecified atom stereocenters. The van der Waals surface area contributed by atoms with E-state index in [1.807, 2.05) is 12.1 Å². The summed E-state index contributed by atoms with van der Waals surface area (Å²) in [5.41, 5.74) is 2.06. The van der Waals surface area contributed by atoms with Gasteiger partial charge in [0.15, 0.2) is 0 Å². The average Bonchev–Trinajstić information content (AvgIpc) is 2.57. The zero-order valence-corrected chi connectivity index (χ0v) is 14.9. The first-order chi connectivity index (χ1) is 11.6. The molecule has 4 nitrogen and oxygen atoms in total. The van der Waals surface area contributed by atoms with Gasteiger partial charge in [-0.05, 0) is 23.8 Å². The van der Waals surface area contributed by atoms with Gasteiger partial charge >= 0.3 is 0 Å². The van der Waals surface area contributed by atoms with Gasteiger partial charge in [-0.3, -0.25) is 4.98 Å². The van der Waals surface area contributed by atoms with Crippen molar-refractivity contribution in [3.63, 3.8) is 0 Å². The van der Waals surface area contributed by atoms with E-state index in [-0.39, 0.29) is 6.61 Å². The van der Waals surface area contributed by atoms with Gasteiger partial charge in [-0.15, -0.1) is 0 Å². The van der Waals surface area contributed by atoms with Crippen molar-refractivity contribution in [2.45, 2.75) is 5.92 Å². The van der Waals surface area contributed by atoms with E-state index < -0.39 is 5.92 Å². The first kappa shape index (κ1) is 17.2. The molecule has 1 atom stereocenters. The number of nitrogens with zero attached hydrogens (tertiary/aromatic N) is 2. The Morgan fingerprint density at radius 3 is 2.42 bits per heavy atom. The number of aliphatic hydroxyl groups excluding tert-OH is 1. The lowest BCUT2D eigenvalue weighted by Crippen LogP contribution is -2.09.